The van der Waals surface area contributed by atoms with Crippen molar-refractivity contribution < 1.29 is 9.47 Å². The molecule has 0 heterocycles. The highest BCUT2D eigenvalue weighted by Crippen LogP contribution is 2.03. The molecule has 0 aliphatic rings. The van der Waals surface area contributed by atoms with Crippen LogP contribution in [-0.4, -0.2) is 12.9 Å². The first-order valence-corrected chi connectivity index (χ1v) is 3.73. The molecule has 0 aliphatic carbocycles. The lowest BCUT2D eigenvalue weighted by atomic mass is 10.3. The average Bonchev–Trinajstić information content (AvgIpc) is 1.90. The standard InChI is InChI=1S/C8H16O2/c1-4-7-8(9-5-2)10-6-3/h5,8H,2,4,6-7H2,1,3H3. The van der Waals surface area contributed by atoms with Crippen molar-refractivity contribution in [2.45, 2.75) is 33.0 Å². The van der Waals surface area contributed by atoms with Crippen LogP contribution in [-0.2, 0) is 9.47 Å². The first-order valence-electron chi connectivity index (χ1n) is 3.73. The summed E-state index contributed by atoms with van der Waals surface area (Å²) in [5, 5.41) is 0. The summed E-state index contributed by atoms with van der Waals surface area (Å²) < 4.78 is 10.3. The molecule has 60 valence electrons. The maximum atomic E-state index is 5.23. The SMILES string of the molecule is C=COC(CCC)OCC. The van der Waals surface area contributed by atoms with E-state index in [2.05, 4.69) is 13.5 Å². The van der Waals surface area contributed by atoms with Gasteiger partial charge in [0.25, 0.3) is 0 Å². The molecule has 1 atom stereocenters. The molecule has 0 saturated carbocycles. The van der Waals surface area contributed by atoms with E-state index in [1.807, 2.05) is 6.92 Å². The number of ether oxygens (including phenoxy) is 2. The van der Waals surface area contributed by atoms with Gasteiger partial charge in [0.15, 0.2) is 6.29 Å². The average molecular weight is 144 g/mol. The molecular weight excluding hydrogens is 128 g/mol. The maximum absolute atomic E-state index is 5.23. The molecule has 10 heavy (non-hydrogen) atoms. The maximum Gasteiger partial charge on any atom is 0.198 e. The Hall–Kier alpha value is -0.500. The van der Waals surface area contributed by atoms with Crippen LogP contribution in [0.25, 0.3) is 0 Å². The van der Waals surface area contributed by atoms with E-state index < -0.39 is 0 Å². The van der Waals surface area contributed by atoms with Crippen molar-refractivity contribution in [3.8, 4) is 0 Å². The molecule has 1 unspecified atom stereocenters. The van der Waals surface area contributed by atoms with E-state index >= 15 is 0 Å². The lowest BCUT2D eigenvalue weighted by Gasteiger charge is -2.14. The Bertz CT molecular complexity index is 75.3. The molecule has 0 saturated heterocycles. The van der Waals surface area contributed by atoms with Crippen molar-refractivity contribution in [3.05, 3.63) is 12.8 Å². The summed E-state index contributed by atoms with van der Waals surface area (Å²) in [6, 6.07) is 0. The second-order valence-corrected chi connectivity index (χ2v) is 1.98. The van der Waals surface area contributed by atoms with E-state index in [1.54, 1.807) is 0 Å². The summed E-state index contributed by atoms with van der Waals surface area (Å²) in [5.74, 6) is 0. The highest BCUT2D eigenvalue weighted by molar-refractivity contribution is 4.53. The fourth-order valence-electron chi connectivity index (χ4n) is 0.720. The van der Waals surface area contributed by atoms with Crippen molar-refractivity contribution >= 4 is 0 Å². The normalized spacial score (nSPS) is 12.6. The molecule has 0 N–H and O–H groups in total. The molecule has 0 aromatic rings. The van der Waals surface area contributed by atoms with Gasteiger partial charge in [0, 0.05) is 13.0 Å². The number of hydrogen-bond acceptors (Lipinski definition) is 2. The van der Waals surface area contributed by atoms with Crippen LogP contribution in [0.3, 0.4) is 0 Å². The Labute approximate surface area is 62.8 Å². The van der Waals surface area contributed by atoms with Crippen LogP contribution in [0.2, 0.25) is 0 Å². The van der Waals surface area contributed by atoms with E-state index in [9.17, 15) is 0 Å². The molecule has 0 fully saturated rings. The zero-order chi connectivity index (χ0) is 7.82. The van der Waals surface area contributed by atoms with Gasteiger partial charge in [-0.15, -0.1) is 0 Å². The van der Waals surface area contributed by atoms with Crippen LogP contribution < -0.4 is 0 Å². The predicted octanol–water partition coefficient (Wildman–Crippen LogP) is 2.31. The quantitative estimate of drug-likeness (QED) is 0.420. The molecule has 0 bridgehead atoms. The largest absolute Gasteiger partial charge is 0.473 e. The smallest absolute Gasteiger partial charge is 0.198 e. The van der Waals surface area contributed by atoms with Crippen LogP contribution in [0.1, 0.15) is 26.7 Å². The van der Waals surface area contributed by atoms with Crippen LogP contribution >= 0.6 is 0 Å². The van der Waals surface area contributed by atoms with E-state index in [1.165, 1.54) is 6.26 Å². The molecule has 0 aromatic carbocycles. The summed E-state index contributed by atoms with van der Waals surface area (Å²) in [4.78, 5) is 0. The van der Waals surface area contributed by atoms with E-state index in [4.69, 9.17) is 9.47 Å². The molecule has 0 amide bonds. The van der Waals surface area contributed by atoms with Gasteiger partial charge in [-0.05, 0) is 6.92 Å². The van der Waals surface area contributed by atoms with Crippen molar-refractivity contribution in [2.75, 3.05) is 6.61 Å². The molecule has 0 radical (unpaired) electrons. The highest BCUT2D eigenvalue weighted by atomic mass is 16.7. The zero-order valence-corrected chi connectivity index (χ0v) is 6.80. The third-order valence-electron chi connectivity index (χ3n) is 1.12. The van der Waals surface area contributed by atoms with Gasteiger partial charge >= 0.3 is 0 Å². The Kier molecular flexibility index (Phi) is 6.29. The number of hydrogen-bond donors (Lipinski definition) is 0. The zero-order valence-electron chi connectivity index (χ0n) is 6.80. The van der Waals surface area contributed by atoms with Crippen LogP contribution in [0.4, 0.5) is 0 Å². The molecule has 0 aliphatic heterocycles. The molecule has 0 spiro atoms. The minimum absolute atomic E-state index is 0.0903. The summed E-state index contributed by atoms with van der Waals surface area (Å²) in [5.41, 5.74) is 0. The van der Waals surface area contributed by atoms with Crippen LogP contribution in [0.15, 0.2) is 12.8 Å². The van der Waals surface area contributed by atoms with Gasteiger partial charge in [-0.1, -0.05) is 19.9 Å². The summed E-state index contributed by atoms with van der Waals surface area (Å²) >= 11 is 0. The van der Waals surface area contributed by atoms with Crippen molar-refractivity contribution in [1.82, 2.24) is 0 Å². The van der Waals surface area contributed by atoms with Gasteiger partial charge in [-0.2, -0.15) is 0 Å². The second-order valence-electron chi connectivity index (χ2n) is 1.98. The number of rotatable bonds is 6. The van der Waals surface area contributed by atoms with Gasteiger partial charge < -0.3 is 9.47 Å². The monoisotopic (exact) mass is 144 g/mol. The molecule has 2 heteroatoms. The third kappa shape index (κ3) is 4.39. The summed E-state index contributed by atoms with van der Waals surface area (Å²) in [6.45, 7) is 8.20. The van der Waals surface area contributed by atoms with Crippen LogP contribution in [0, 0.1) is 0 Å². The Morgan fingerprint density at radius 1 is 1.50 bits per heavy atom. The van der Waals surface area contributed by atoms with Crippen molar-refractivity contribution in [3.63, 3.8) is 0 Å². The third-order valence-corrected chi connectivity index (χ3v) is 1.12. The minimum atomic E-state index is -0.0903. The van der Waals surface area contributed by atoms with Gasteiger partial charge in [0.2, 0.25) is 0 Å². The lowest BCUT2D eigenvalue weighted by molar-refractivity contribution is -0.106. The highest BCUT2D eigenvalue weighted by Gasteiger charge is 2.03. The Balaban J connectivity index is 3.38. The Morgan fingerprint density at radius 3 is 2.60 bits per heavy atom. The van der Waals surface area contributed by atoms with Gasteiger partial charge in [-0.3, -0.25) is 0 Å². The first-order chi connectivity index (χ1) is 4.85. The second kappa shape index (κ2) is 6.62. The molecule has 0 aromatic heterocycles. The van der Waals surface area contributed by atoms with Gasteiger partial charge in [-0.25, -0.2) is 0 Å². The van der Waals surface area contributed by atoms with E-state index in [0.29, 0.717) is 6.61 Å². The first kappa shape index (κ1) is 9.50. The van der Waals surface area contributed by atoms with Crippen LogP contribution in [0.5, 0.6) is 0 Å². The molecule has 2 nitrogen and oxygen atoms in total. The fraction of sp³-hybridized carbons (Fsp3) is 0.750. The topological polar surface area (TPSA) is 18.5 Å². The summed E-state index contributed by atoms with van der Waals surface area (Å²) in [6.07, 6.45) is 3.33. The minimum Gasteiger partial charge on any atom is -0.473 e. The predicted molar refractivity (Wildman–Crippen MR) is 41.6 cm³/mol. The van der Waals surface area contributed by atoms with Gasteiger partial charge in [0.1, 0.15) is 0 Å². The lowest BCUT2D eigenvalue weighted by Crippen LogP contribution is -2.13. The van der Waals surface area contributed by atoms with Crippen molar-refractivity contribution in [2.24, 2.45) is 0 Å². The van der Waals surface area contributed by atoms with Crippen molar-refractivity contribution in [1.29, 1.82) is 0 Å². The summed E-state index contributed by atoms with van der Waals surface area (Å²) in [7, 11) is 0. The molecule has 0 rings (SSSR count). The van der Waals surface area contributed by atoms with E-state index in [0.717, 1.165) is 12.8 Å². The van der Waals surface area contributed by atoms with E-state index in [-0.39, 0.29) is 6.29 Å². The Morgan fingerprint density at radius 2 is 2.20 bits per heavy atom. The fourth-order valence-corrected chi connectivity index (χ4v) is 0.720. The van der Waals surface area contributed by atoms with Gasteiger partial charge in [0.05, 0.1) is 6.26 Å². The molecular formula is C8H16O2.